The number of methoxy groups -OCH3 is 1. The van der Waals surface area contributed by atoms with Crippen LogP contribution in [0.15, 0.2) is 52.9 Å². The van der Waals surface area contributed by atoms with Crippen molar-refractivity contribution in [2.45, 2.75) is 12.5 Å². The Hall–Kier alpha value is -2.86. The van der Waals surface area contributed by atoms with Crippen LogP contribution in [-0.4, -0.2) is 24.7 Å². The van der Waals surface area contributed by atoms with Gasteiger partial charge in [0.2, 0.25) is 0 Å². The van der Waals surface area contributed by atoms with Crippen LogP contribution in [0.25, 0.3) is 11.0 Å². The monoisotopic (exact) mass is 343 g/mol. The van der Waals surface area contributed by atoms with Gasteiger partial charge in [-0.15, -0.1) is 0 Å². The molecule has 0 fully saturated rings. The molecule has 0 aliphatic carbocycles. The molecule has 25 heavy (non-hydrogen) atoms. The van der Waals surface area contributed by atoms with Gasteiger partial charge in [-0.05, 0) is 37.3 Å². The van der Waals surface area contributed by atoms with Gasteiger partial charge in [-0.2, -0.15) is 0 Å². The summed E-state index contributed by atoms with van der Waals surface area (Å²) < 4.78 is 24.2. The molecule has 3 aromatic rings. The molecule has 0 spiro atoms. The van der Waals surface area contributed by atoms with E-state index in [-0.39, 0.29) is 17.9 Å². The van der Waals surface area contributed by atoms with Gasteiger partial charge in [0.25, 0.3) is 5.91 Å². The number of rotatable bonds is 5. The van der Waals surface area contributed by atoms with Gasteiger partial charge in [0, 0.05) is 10.9 Å². The lowest BCUT2D eigenvalue weighted by atomic mass is 10.0. The Morgan fingerprint density at radius 1 is 1.28 bits per heavy atom. The first-order valence-corrected chi connectivity index (χ1v) is 7.74. The van der Waals surface area contributed by atoms with Crippen molar-refractivity contribution in [1.82, 2.24) is 5.32 Å². The molecule has 0 saturated carbocycles. The van der Waals surface area contributed by atoms with Crippen molar-refractivity contribution in [2.75, 3.05) is 13.7 Å². The number of nitrogens with one attached hydrogen (secondary N) is 1. The molecule has 2 N–H and O–H groups in total. The topological polar surface area (TPSA) is 71.7 Å². The Balaban J connectivity index is 1.72. The predicted molar refractivity (Wildman–Crippen MR) is 91.1 cm³/mol. The Labute approximate surface area is 144 Å². The summed E-state index contributed by atoms with van der Waals surface area (Å²) >= 11 is 0. The second-order valence-corrected chi connectivity index (χ2v) is 5.95. The molecule has 0 aliphatic rings. The van der Waals surface area contributed by atoms with Gasteiger partial charge in [-0.3, -0.25) is 4.79 Å². The maximum atomic E-state index is 13.7. The first-order chi connectivity index (χ1) is 11.9. The number of carbonyl (C=O) groups is 1. The molecule has 0 aliphatic heterocycles. The van der Waals surface area contributed by atoms with Crippen LogP contribution < -0.4 is 10.1 Å². The normalized spacial score (nSPS) is 13.4. The van der Waals surface area contributed by atoms with Crippen LogP contribution in [0.1, 0.15) is 23.0 Å². The number of hydrogen-bond donors (Lipinski definition) is 2. The lowest BCUT2D eigenvalue weighted by Crippen LogP contribution is -2.38. The van der Waals surface area contributed by atoms with Crippen LogP contribution in [0.5, 0.6) is 5.75 Å². The number of carbonyl (C=O) groups excluding carboxylic acids is 1. The highest BCUT2D eigenvalue weighted by molar-refractivity contribution is 5.94. The molecule has 3 rings (SSSR count). The molecule has 5 nitrogen and oxygen atoms in total. The van der Waals surface area contributed by atoms with E-state index < -0.39 is 17.3 Å². The molecule has 0 radical (unpaired) electrons. The summed E-state index contributed by atoms with van der Waals surface area (Å²) in [5, 5.41) is 14.1. The average Bonchev–Trinajstić information content (AvgIpc) is 3.05. The Morgan fingerprint density at radius 2 is 2.04 bits per heavy atom. The highest BCUT2D eigenvalue weighted by atomic mass is 19.1. The fraction of sp³-hybridized carbons (Fsp3) is 0.211. The molecule has 1 amide bonds. The van der Waals surface area contributed by atoms with Crippen LogP contribution in [0.2, 0.25) is 0 Å². The first-order valence-electron chi connectivity index (χ1n) is 7.74. The zero-order valence-corrected chi connectivity index (χ0v) is 13.9. The van der Waals surface area contributed by atoms with Crippen LogP contribution in [0.3, 0.4) is 0 Å². The summed E-state index contributed by atoms with van der Waals surface area (Å²) in [4.78, 5) is 12.2. The van der Waals surface area contributed by atoms with E-state index in [2.05, 4.69) is 5.32 Å². The van der Waals surface area contributed by atoms with Crippen LogP contribution in [-0.2, 0) is 5.60 Å². The largest absolute Gasteiger partial charge is 0.494 e. The van der Waals surface area contributed by atoms with E-state index in [0.29, 0.717) is 11.3 Å². The van der Waals surface area contributed by atoms with Crippen molar-refractivity contribution in [3.05, 3.63) is 65.7 Å². The molecule has 1 aromatic heterocycles. The highest BCUT2D eigenvalue weighted by Crippen LogP contribution is 2.27. The van der Waals surface area contributed by atoms with Gasteiger partial charge in [0.05, 0.1) is 13.7 Å². The predicted octanol–water partition coefficient (Wildman–Crippen LogP) is 3.22. The van der Waals surface area contributed by atoms with E-state index in [9.17, 15) is 14.3 Å². The van der Waals surface area contributed by atoms with E-state index in [1.54, 1.807) is 19.1 Å². The quantitative estimate of drug-likeness (QED) is 0.746. The SMILES string of the molecule is COc1ccc(C(=O)NC[C@](C)(O)c2cc3ccccc3o2)cc1F. The van der Waals surface area contributed by atoms with Crippen molar-refractivity contribution in [3.8, 4) is 5.75 Å². The third-order valence-electron chi connectivity index (χ3n) is 3.96. The highest BCUT2D eigenvalue weighted by Gasteiger charge is 2.28. The van der Waals surface area contributed by atoms with Crippen molar-refractivity contribution in [2.24, 2.45) is 0 Å². The standard InChI is InChI=1S/C19H18FNO4/c1-19(23,17-10-12-5-3-4-6-15(12)25-17)11-21-18(22)13-7-8-16(24-2)14(20)9-13/h3-10,23H,11H2,1-2H3,(H,21,22)/t19-/m0/s1. The summed E-state index contributed by atoms with van der Waals surface area (Å²) in [7, 11) is 1.35. The number of hydrogen-bond acceptors (Lipinski definition) is 4. The minimum Gasteiger partial charge on any atom is -0.494 e. The summed E-state index contributed by atoms with van der Waals surface area (Å²) in [6, 6.07) is 13.0. The van der Waals surface area contributed by atoms with Crippen LogP contribution in [0, 0.1) is 5.82 Å². The average molecular weight is 343 g/mol. The van der Waals surface area contributed by atoms with Crippen molar-refractivity contribution in [3.63, 3.8) is 0 Å². The summed E-state index contributed by atoms with van der Waals surface area (Å²) in [6.45, 7) is 1.46. The molecule has 1 atom stereocenters. The fourth-order valence-corrected chi connectivity index (χ4v) is 2.50. The van der Waals surface area contributed by atoms with Gasteiger partial charge in [-0.1, -0.05) is 18.2 Å². The smallest absolute Gasteiger partial charge is 0.251 e. The van der Waals surface area contributed by atoms with Crippen LogP contribution >= 0.6 is 0 Å². The number of furan rings is 1. The molecule has 0 unspecified atom stereocenters. The summed E-state index contributed by atoms with van der Waals surface area (Å²) in [5.74, 6) is -0.724. The Bertz CT molecular complexity index is 884. The molecule has 0 bridgehead atoms. The maximum absolute atomic E-state index is 13.7. The zero-order chi connectivity index (χ0) is 18.0. The van der Waals surface area contributed by atoms with E-state index in [0.717, 1.165) is 11.5 Å². The van der Waals surface area contributed by atoms with E-state index in [4.69, 9.17) is 9.15 Å². The van der Waals surface area contributed by atoms with Crippen molar-refractivity contribution >= 4 is 16.9 Å². The van der Waals surface area contributed by atoms with E-state index in [1.165, 1.54) is 19.2 Å². The molecule has 2 aromatic carbocycles. The number of benzene rings is 2. The number of ether oxygens (including phenoxy) is 1. The summed E-state index contributed by atoms with van der Waals surface area (Å²) in [6.07, 6.45) is 0. The Morgan fingerprint density at radius 3 is 2.72 bits per heavy atom. The van der Waals surface area contributed by atoms with Gasteiger partial charge >= 0.3 is 0 Å². The number of amides is 1. The third kappa shape index (κ3) is 3.49. The molecule has 6 heteroatoms. The lowest BCUT2D eigenvalue weighted by Gasteiger charge is -2.21. The minimum atomic E-state index is -1.40. The molecular weight excluding hydrogens is 325 g/mol. The summed E-state index contributed by atoms with van der Waals surface area (Å²) in [5.41, 5.74) is -0.611. The molecule has 130 valence electrons. The maximum Gasteiger partial charge on any atom is 0.251 e. The molecule has 0 saturated heterocycles. The number of fused-ring (bicyclic) bond motifs is 1. The fourth-order valence-electron chi connectivity index (χ4n) is 2.50. The number of para-hydroxylation sites is 1. The first kappa shape index (κ1) is 17.0. The van der Waals surface area contributed by atoms with Gasteiger partial charge in [0.15, 0.2) is 11.6 Å². The van der Waals surface area contributed by atoms with E-state index >= 15 is 0 Å². The second kappa shape index (κ2) is 6.57. The van der Waals surface area contributed by atoms with Crippen LogP contribution in [0.4, 0.5) is 4.39 Å². The van der Waals surface area contributed by atoms with Gasteiger partial charge in [-0.25, -0.2) is 4.39 Å². The number of aliphatic hydroxyl groups is 1. The van der Waals surface area contributed by atoms with Gasteiger partial charge < -0.3 is 19.6 Å². The Kier molecular flexibility index (Phi) is 4.46. The second-order valence-electron chi connectivity index (χ2n) is 5.95. The lowest BCUT2D eigenvalue weighted by molar-refractivity contribution is 0.0344. The van der Waals surface area contributed by atoms with Crippen molar-refractivity contribution in [1.29, 1.82) is 0 Å². The third-order valence-corrected chi connectivity index (χ3v) is 3.96. The molecular formula is C19H18FNO4. The minimum absolute atomic E-state index is 0.0609. The number of halogens is 1. The zero-order valence-electron chi connectivity index (χ0n) is 13.9. The van der Waals surface area contributed by atoms with Gasteiger partial charge in [0.1, 0.15) is 16.9 Å². The van der Waals surface area contributed by atoms with E-state index in [1.807, 2.05) is 18.2 Å². The van der Waals surface area contributed by atoms with Crippen molar-refractivity contribution < 1.29 is 23.4 Å². The molecule has 1 heterocycles.